The lowest BCUT2D eigenvalue weighted by atomic mass is 9.95. The zero-order chi connectivity index (χ0) is 28.6. The SMILES string of the molecule is Cc1cc2cc(C(=O)N3C[C@@H]4C(Oc5cc(C(C)(C)N)cc(-c6ccc(F)cc6)n5)[C@@H]4C3)cc(C(C)(C)O)n2n1. The first kappa shape index (κ1) is 26.4. The fraction of sp³-hybridized carbons (Fsp3) is 0.387. The fourth-order valence-electron chi connectivity index (χ4n) is 5.62. The molecule has 1 saturated carbocycles. The largest absolute Gasteiger partial charge is 0.474 e. The second kappa shape index (κ2) is 9.11. The highest BCUT2D eigenvalue weighted by atomic mass is 19.1. The molecule has 0 spiro atoms. The molecule has 9 heteroatoms. The molecule has 208 valence electrons. The third-order valence-electron chi connectivity index (χ3n) is 7.90. The van der Waals surface area contributed by atoms with Gasteiger partial charge in [0, 0.05) is 47.7 Å². The van der Waals surface area contributed by atoms with Crippen LogP contribution in [0.5, 0.6) is 5.88 Å². The number of pyridine rings is 2. The number of benzene rings is 1. The Morgan fingerprint density at radius 1 is 1.05 bits per heavy atom. The number of nitrogens with two attached hydrogens (primary N) is 1. The zero-order valence-corrected chi connectivity index (χ0v) is 23.4. The molecule has 0 bridgehead atoms. The van der Waals surface area contributed by atoms with Gasteiger partial charge in [-0.3, -0.25) is 4.79 Å². The molecule has 4 aromatic rings. The molecule has 1 aliphatic heterocycles. The van der Waals surface area contributed by atoms with E-state index >= 15 is 0 Å². The van der Waals surface area contributed by atoms with Gasteiger partial charge in [0.1, 0.15) is 17.5 Å². The topological polar surface area (TPSA) is 106 Å². The Hall–Kier alpha value is -3.82. The first-order valence-electron chi connectivity index (χ1n) is 13.5. The third kappa shape index (κ3) is 4.84. The van der Waals surface area contributed by atoms with Crippen LogP contribution in [0.15, 0.2) is 54.6 Å². The van der Waals surface area contributed by atoms with Crippen LogP contribution in [0.3, 0.4) is 0 Å². The molecule has 1 saturated heterocycles. The number of likely N-dealkylation sites (tertiary alicyclic amines) is 1. The van der Waals surface area contributed by atoms with E-state index < -0.39 is 11.1 Å². The minimum Gasteiger partial charge on any atom is -0.474 e. The maximum absolute atomic E-state index is 13.5. The maximum atomic E-state index is 13.5. The van der Waals surface area contributed by atoms with Crippen LogP contribution in [0.1, 0.15) is 55.0 Å². The van der Waals surface area contributed by atoms with Crippen molar-refractivity contribution in [2.24, 2.45) is 17.6 Å². The van der Waals surface area contributed by atoms with Crippen LogP contribution in [0.25, 0.3) is 16.8 Å². The van der Waals surface area contributed by atoms with E-state index in [9.17, 15) is 14.3 Å². The maximum Gasteiger partial charge on any atom is 0.254 e. The molecular weight excluding hydrogens is 509 g/mol. The van der Waals surface area contributed by atoms with Crippen molar-refractivity contribution >= 4 is 11.4 Å². The summed E-state index contributed by atoms with van der Waals surface area (Å²) in [7, 11) is 0. The Morgan fingerprint density at radius 2 is 1.73 bits per heavy atom. The molecule has 6 rings (SSSR count). The molecule has 3 aromatic heterocycles. The lowest BCUT2D eigenvalue weighted by Gasteiger charge is -2.24. The number of nitrogens with zero attached hydrogens (tertiary/aromatic N) is 4. The van der Waals surface area contributed by atoms with E-state index in [1.165, 1.54) is 12.1 Å². The highest BCUT2D eigenvalue weighted by molar-refractivity contribution is 5.96. The van der Waals surface area contributed by atoms with Crippen molar-refractivity contribution in [1.29, 1.82) is 0 Å². The van der Waals surface area contributed by atoms with Crippen molar-refractivity contribution in [3.63, 3.8) is 0 Å². The standard InChI is InChI=1S/C31H34FN5O3/c1-17-10-22-11-19(12-26(31(4,5)39)37(22)35-17)29(38)36-15-23-24(16-36)28(23)40-27-14-20(30(2,3)33)13-25(34-27)18-6-8-21(32)9-7-18/h6-14,23-24,28,39H,15-16,33H2,1-5H3/t23-,24+,28?. The van der Waals surface area contributed by atoms with Crippen LogP contribution in [-0.4, -0.2) is 49.7 Å². The molecule has 1 aliphatic carbocycles. The number of halogens is 1. The predicted molar refractivity (Wildman–Crippen MR) is 149 cm³/mol. The van der Waals surface area contributed by atoms with Crippen LogP contribution in [0.2, 0.25) is 0 Å². The molecule has 40 heavy (non-hydrogen) atoms. The van der Waals surface area contributed by atoms with Crippen LogP contribution < -0.4 is 10.5 Å². The van der Waals surface area contributed by atoms with Crippen LogP contribution in [-0.2, 0) is 11.1 Å². The number of hydrogen-bond acceptors (Lipinski definition) is 6. The molecule has 1 amide bonds. The van der Waals surface area contributed by atoms with E-state index in [-0.39, 0.29) is 29.7 Å². The summed E-state index contributed by atoms with van der Waals surface area (Å²) in [5, 5.41) is 15.2. The number of ether oxygens (including phenoxy) is 1. The summed E-state index contributed by atoms with van der Waals surface area (Å²) in [6, 6.07) is 15.4. The lowest BCUT2D eigenvalue weighted by molar-refractivity contribution is 0.0705. The Bertz CT molecular complexity index is 1610. The van der Waals surface area contributed by atoms with E-state index in [1.807, 2.05) is 49.9 Å². The second-order valence-electron chi connectivity index (χ2n) is 12.2. The van der Waals surface area contributed by atoms with E-state index in [4.69, 9.17) is 15.5 Å². The van der Waals surface area contributed by atoms with Gasteiger partial charge in [0.25, 0.3) is 5.91 Å². The number of carbonyl (C=O) groups excluding carboxylic acids is 1. The summed E-state index contributed by atoms with van der Waals surface area (Å²) in [5.41, 5.74) is 9.64. The van der Waals surface area contributed by atoms with E-state index in [1.54, 1.807) is 36.6 Å². The van der Waals surface area contributed by atoms with Crippen molar-refractivity contribution in [2.45, 2.75) is 51.9 Å². The van der Waals surface area contributed by atoms with Gasteiger partial charge >= 0.3 is 0 Å². The summed E-state index contributed by atoms with van der Waals surface area (Å²) in [4.78, 5) is 20.1. The van der Waals surface area contributed by atoms with Crippen LogP contribution in [0, 0.1) is 24.6 Å². The number of carbonyl (C=O) groups is 1. The highest BCUT2D eigenvalue weighted by Crippen LogP contribution is 2.48. The number of hydrogen-bond donors (Lipinski definition) is 2. The van der Waals surface area contributed by atoms with E-state index in [0.717, 1.165) is 22.3 Å². The molecule has 8 nitrogen and oxygen atoms in total. The van der Waals surface area contributed by atoms with Crippen LogP contribution in [0.4, 0.5) is 4.39 Å². The van der Waals surface area contributed by atoms with Gasteiger partial charge in [0.15, 0.2) is 0 Å². The Labute approximate surface area is 232 Å². The number of aliphatic hydroxyl groups is 1. The molecule has 1 aromatic carbocycles. The molecule has 3 atom stereocenters. The second-order valence-corrected chi connectivity index (χ2v) is 12.2. The number of aromatic nitrogens is 3. The van der Waals surface area contributed by atoms with E-state index in [2.05, 4.69) is 5.10 Å². The molecule has 0 radical (unpaired) electrons. The first-order valence-corrected chi connectivity index (χ1v) is 13.5. The van der Waals surface area contributed by atoms with Gasteiger partial charge < -0.3 is 20.5 Å². The molecule has 3 N–H and O–H groups in total. The monoisotopic (exact) mass is 543 g/mol. The minimum absolute atomic E-state index is 0.0411. The molecule has 2 fully saturated rings. The molecule has 1 unspecified atom stereocenters. The third-order valence-corrected chi connectivity index (χ3v) is 7.90. The fourth-order valence-corrected chi connectivity index (χ4v) is 5.62. The van der Waals surface area contributed by atoms with Crippen molar-refractivity contribution in [3.8, 4) is 17.1 Å². The van der Waals surface area contributed by atoms with E-state index in [0.29, 0.717) is 35.9 Å². The van der Waals surface area contributed by atoms with Gasteiger partial charge in [-0.2, -0.15) is 5.10 Å². The summed E-state index contributed by atoms with van der Waals surface area (Å²) in [6.07, 6.45) is -0.0411. The van der Waals surface area contributed by atoms with Crippen molar-refractivity contribution in [1.82, 2.24) is 19.5 Å². The normalized spacial score (nSPS) is 20.6. The minimum atomic E-state index is -1.16. The summed E-state index contributed by atoms with van der Waals surface area (Å²) < 4.78 is 21.5. The average molecular weight is 544 g/mol. The highest BCUT2D eigenvalue weighted by Gasteiger charge is 2.59. The molecule has 2 aliphatic rings. The smallest absolute Gasteiger partial charge is 0.254 e. The van der Waals surface area contributed by atoms with Gasteiger partial charge in [-0.15, -0.1) is 0 Å². The quantitative estimate of drug-likeness (QED) is 0.373. The number of piperidine rings is 1. The van der Waals surface area contributed by atoms with Gasteiger partial charge in [-0.25, -0.2) is 13.9 Å². The predicted octanol–water partition coefficient (Wildman–Crippen LogP) is 4.41. The molecular formula is C31H34FN5O3. The van der Waals surface area contributed by atoms with Gasteiger partial charge in [0.05, 0.1) is 22.6 Å². The number of amides is 1. The Balaban J connectivity index is 1.19. The first-order chi connectivity index (χ1) is 18.8. The average Bonchev–Trinajstić information content (AvgIpc) is 3.19. The number of rotatable bonds is 6. The summed E-state index contributed by atoms with van der Waals surface area (Å²) in [5.74, 6) is 0.524. The number of fused-ring (bicyclic) bond motifs is 2. The number of aryl methyl sites for hydroxylation is 1. The van der Waals surface area contributed by atoms with Crippen molar-refractivity contribution in [2.75, 3.05) is 13.1 Å². The van der Waals surface area contributed by atoms with Gasteiger partial charge in [-0.1, -0.05) is 0 Å². The summed E-state index contributed by atoms with van der Waals surface area (Å²) in [6.45, 7) is 10.3. The Morgan fingerprint density at radius 3 is 2.35 bits per heavy atom. The van der Waals surface area contributed by atoms with Crippen molar-refractivity contribution in [3.05, 3.63) is 82.9 Å². The van der Waals surface area contributed by atoms with Gasteiger partial charge in [-0.05, 0) is 88.7 Å². The Kier molecular flexibility index (Phi) is 6.01. The molecule has 4 heterocycles. The lowest BCUT2D eigenvalue weighted by Crippen LogP contribution is -2.34. The van der Waals surface area contributed by atoms with Crippen LogP contribution >= 0.6 is 0 Å². The van der Waals surface area contributed by atoms with Crippen molar-refractivity contribution < 1.29 is 19.0 Å². The van der Waals surface area contributed by atoms with Gasteiger partial charge in [0.2, 0.25) is 5.88 Å². The summed E-state index contributed by atoms with van der Waals surface area (Å²) >= 11 is 0. The zero-order valence-electron chi connectivity index (χ0n) is 23.4.